The Morgan fingerprint density at radius 3 is 2.39 bits per heavy atom. The van der Waals surface area contributed by atoms with E-state index in [-0.39, 0.29) is 11.3 Å². The molecular weight excluding hydrogens is 224 g/mol. The molecule has 0 fully saturated rings. The van der Waals surface area contributed by atoms with Crippen molar-refractivity contribution in [1.82, 2.24) is 0 Å². The molecule has 1 heterocycles. The molecule has 0 atom stereocenters. The second kappa shape index (κ2) is 3.74. The number of hydrogen-bond donors (Lipinski definition) is 1. The summed E-state index contributed by atoms with van der Waals surface area (Å²) in [5.41, 5.74) is 2.78. The Morgan fingerprint density at radius 1 is 1.22 bits per heavy atom. The Morgan fingerprint density at radius 2 is 1.83 bits per heavy atom. The van der Waals surface area contributed by atoms with Gasteiger partial charge in [0, 0.05) is 7.05 Å². The molecule has 1 aliphatic heterocycles. The molecule has 1 amide bonds. The van der Waals surface area contributed by atoms with Gasteiger partial charge in [-0.1, -0.05) is 26.8 Å². The summed E-state index contributed by atoms with van der Waals surface area (Å²) in [6.07, 6.45) is 0. The molecule has 18 heavy (non-hydrogen) atoms. The van der Waals surface area contributed by atoms with Crippen molar-refractivity contribution in [1.29, 1.82) is 0 Å². The molecule has 0 saturated heterocycles. The van der Waals surface area contributed by atoms with Gasteiger partial charge in [-0.2, -0.15) is 0 Å². The van der Waals surface area contributed by atoms with Gasteiger partial charge in [-0.3, -0.25) is 4.79 Å². The number of carbonyl (C=O) groups excluding carboxylic acids is 1. The van der Waals surface area contributed by atoms with Crippen LogP contribution in [0.4, 0.5) is 11.4 Å². The number of amides is 1. The fourth-order valence-electron chi connectivity index (χ4n) is 2.30. The van der Waals surface area contributed by atoms with Gasteiger partial charge in [0.25, 0.3) is 5.91 Å². The molecule has 1 N–H and O–H groups in total. The van der Waals surface area contributed by atoms with Crippen LogP contribution >= 0.6 is 0 Å². The van der Waals surface area contributed by atoms with E-state index >= 15 is 0 Å². The van der Waals surface area contributed by atoms with E-state index < -0.39 is 5.54 Å². The lowest BCUT2D eigenvalue weighted by Crippen LogP contribution is -2.52. The maximum atomic E-state index is 12.2. The third-order valence-electron chi connectivity index (χ3n) is 3.51. The third-order valence-corrected chi connectivity index (χ3v) is 3.51. The van der Waals surface area contributed by atoms with E-state index in [0.29, 0.717) is 0 Å². The van der Waals surface area contributed by atoms with Crippen molar-refractivity contribution < 1.29 is 4.79 Å². The van der Waals surface area contributed by atoms with E-state index in [2.05, 4.69) is 44.3 Å². The number of hydrogen-bond acceptors (Lipinski definition) is 2. The zero-order valence-corrected chi connectivity index (χ0v) is 12.1. The highest BCUT2D eigenvalue weighted by Gasteiger charge is 2.37. The van der Waals surface area contributed by atoms with Gasteiger partial charge in [0.1, 0.15) is 5.54 Å². The minimum atomic E-state index is -0.537. The Bertz CT molecular complexity index is 498. The largest absolute Gasteiger partial charge is 0.370 e. The number of nitrogens with one attached hydrogen (secondary N) is 1. The lowest BCUT2D eigenvalue weighted by molar-refractivity contribution is -0.121. The van der Waals surface area contributed by atoms with Crippen molar-refractivity contribution in [3.63, 3.8) is 0 Å². The summed E-state index contributed by atoms with van der Waals surface area (Å²) in [5.74, 6) is 0.0982. The zero-order valence-electron chi connectivity index (χ0n) is 12.1. The SMILES string of the molecule is CN1C(=O)C(C)(C)Nc2ccc(C(C)(C)C)cc21. The summed E-state index contributed by atoms with van der Waals surface area (Å²) in [7, 11) is 1.84. The first kappa shape index (κ1) is 12.9. The minimum absolute atomic E-state index is 0.0892. The topological polar surface area (TPSA) is 32.3 Å². The molecule has 1 aliphatic rings. The van der Waals surface area contributed by atoms with Crippen molar-refractivity contribution in [2.45, 2.75) is 45.6 Å². The Balaban J connectivity index is 2.53. The second-order valence-electron chi connectivity index (χ2n) is 6.60. The zero-order chi connectivity index (χ0) is 13.7. The molecule has 0 saturated carbocycles. The smallest absolute Gasteiger partial charge is 0.251 e. The minimum Gasteiger partial charge on any atom is -0.370 e. The van der Waals surface area contributed by atoms with E-state index in [1.807, 2.05) is 20.9 Å². The maximum absolute atomic E-state index is 12.2. The number of carbonyl (C=O) groups is 1. The lowest BCUT2D eigenvalue weighted by atomic mass is 9.86. The fourth-order valence-corrected chi connectivity index (χ4v) is 2.30. The molecule has 0 aromatic heterocycles. The normalized spacial score (nSPS) is 18.3. The average molecular weight is 246 g/mol. The summed E-state index contributed by atoms with van der Waals surface area (Å²) in [5, 5.41) is 3.30. The predicted octanol–water partition coefficient (Wildman–Crippen LogP) is 3.15. The lowest BCUT2D eigenvalue weighted by Gasteiger charge is -2.38. The molecule has 1 aromatic carbocycles. The van der Waals surface area contributed by atoms with Gasteiger partial charge in [-0.15, -0.1) is 0 Å². The summed E-state index contributed by atoms with van der Waals surface area (Å²) >= 11 is 0. The van der Waals surface area contributed by atoms with E-state index in [0.717, 1.165) is 11.4 Å². The average Bonchev–Trinajstić information content (AvgIpc) is 2.24. The first-order chi connectivity index (χ1) is 8.13. The molecule has 0 radical (unpaired) electrons. The van der Waals surface area contributed by atoms with Crippen molar-refractivity contribution >= 4 is 17.3 Å². The molecule has 3 nitrogen and oxygen atoms in total. The number of benzene rings is 1. The van der Waals surface area contributed by atoms with E-state index in [1.165, 1.54) is 5.56 Å². The quantitative estimate of drug-likeness (QED) is 0.762. The third kappa shape index (κ3) is 1.98. The monoisotopic (exact) mass is 246 g/mol. The van der Waals surface area contributed by atoms with Gasteiger partial charge in [-0.05, 0) is 37.0 Å². The van der Waals surface area contributed by atoms with Crippen LogP contribution in [0.15, 0.2) is 18.2 Å². The van der Waals surface area contributed by atoms with Crippen molar-refractivity contribution in [2.24, 2.45) is 0 Å². The highest BCUT2D eigenvalue weighted by molar-refractivity contribution is 6.07. The number of rotatable bonds is 0. The van der Waals surface area contributed by atoms with Gasteiger partial charge in [0.2, 0.25) is 0 Å². The van der Waals surface area contributed by atoms with Crippen LogP contribution < -0.4 is 10.2 Å². The molecule has 2 rings (SSSR count). The van der Waals surface area contributed by atoms with Crippen LogP contribution in [-0.2, 0) is 10.2 Å². The summed E-state index contributed by atoms with van der Waals surface area (Å²) in [6.45, 7) is 10.4. The molecular formula is C15H22N2O. The van der Waals surface area contributed by atoms with Gasteiger partial charge in [0.05, 0.1) is 11.4 Å². The molecule has 1 aromatic rings. The highest BCUT2D eigenvalue weighted by Crippen LogP contribution is 2.37. The van der Waals surface area contributed by atoms with Crippen LogP contribution in [0.2, 0.25) is 0 Å². The number of anilines is 2. The summed E-state index contributed by atoms with van der Waals surface area (Å²) < 4.78 is 0. The van der Waals surface area contributed by atoms with Crippen LogP contribution in [0.1, 0.15) is 40.2 Å². The Labute approximate surface area is 109 Å². The van der Waals surface area contributed by atoms with Gasteiger partial charge >= 0.3 is 0 Å². The molecule has 0 bridgehead atoms. The Kier molecular flexibility index (Phi) is 2.69. The van der Waals surface area contributed by atoms with Crippen LogP contribution in [0.5, 0.6) is 0 Å². The van der Waals surface area contributed by atoms with Crippen molar-refractivity contribution in [2.75, 3.05) is 17.3 Å². The second-order valence-corrected chi connectivity index (χ2v) is 6.60. The molecule has 98 valence electrons. The summed E-state index contributed by atoms with van der Waals surface area (Å²) in [4.78, 5) is 14.0. The van der Waals surface area contributed by atoms with Crippen LogP contribution in [0, 0.1) is 0 Å². The van der Waals surface area contributed by atoms with Crippen LogP contribution in [0.3, 0.4) is 0 Å². The van der Waals surface area contributed by atoms with E-state index in [1.54, 1.807) is 4.90 Å². The number of fused-ring (bicyclic) bond motifs is 1. The first-order valence-electron chi connectivity index (χ1n) is 6.34. The number of nitrogens with zero attached hydrogens (tertiary/aromatic N) is 1. The number of likely N-dealkylation sites (N-methyl/N-ethyl adjacent to an activating group) is 1. The van der Waals surface area contributed by atoms with E-state index in [9.17, 15) is 4.79 Å². The standard InChI is InChI=1S/C15H22N2O/c1-14(2,3)10-7-8-11-12(9-10)17(6)13(18)15(4,5)16-11/h7-9,16H,1-6H3. The molecule has 3 heteroatoms. The predicted molar refractivity (Wildman–Crippen MR) is 76.3 cm³/mol. The van der Waals surface area contributed by atoms with Crippen LogP contribution in [0.25, 0.3) is 0 Å². The Hall–Kier alpha value is -1.51. The molecule has 0 aliphatic carbocycles. The van der Waals surface area contributed by atoms with E-state index in [4.69, 9.17) is 0 Å². The van der Waals surface area contributed by atoms with Crippen molar-refractivity contribution in [3.05, 3.63) is 23.8 Å². The van der Waals surface area contributed by atoms with Gasteiger partial charge < -0.3 is 10.2 Å². The van der Waals surface area contributed by atoms with Gasteiger partial charge in [0.15, 0.2) is 0 Å². The summed E-state index contributed by atoms with van der Waals surface area (Å²) in [6, 6.07) is 6.31. The van der Waals surface area contributed by atoms with Crippen LogP contribution in [-0.4, -0.2) is 18.5 Å². The molecule has 0 spiro atoms. The fraction of sp³-hybridized carbons (Fsp3) is 0.533. The van der Waals surface area contributed by atoms with Gasteiger partial charge in [-0.25, -0.2) is 0 Å². The van der Waals surface area contributed by atoms with Crippen molar-refractivity contribution in [3.8, 4) is 0 Å². The molecule has 0 unspecified atom stereocenters. The highest BCUT2D eigenvalue weighted by atomic mass is 16.2. The maximum Gasteiger partial charge on any atom is 0.251 e. The first-order valence-corrected chi connectivity index (χ1v) is 6.34.